The molecule has 1 aromatic heterocycles. The van der Waals surface area contributed by atoms with Gasteiger partial charge in [0.2, 0.25) is 11.7 Å². The van der Waals surface area contributed by atoms with Crippen molar-refractivity contribution in [1.82, 2.24) is 9.78 Å². The smallest absolute Gasteiger partial charge is 0.306 e. The van der Waals surface area contributed by atoms with Crippen LogP contribution in [0.3, 0.4) is 0 Å². The summed E-state index contributed by atoms with van der Waals surface area (Å²) in [5.74, 6) is -1.43. The van der Waals surface area contributed by atoms with Crippen LogP contribution in [0.15, 0.2) is 24.3 Å². The van der Waals surface area contributed by atoms with Crippen molar-refractivity contribution in [2.75, 3.05) is 5.32 Å². The van der Waals surface area contributed by atoms with Gasteiger partial charge >= 0.3 is 5.69 Å². The molecule has 8 heteroatoms. The van der Waals surface area contributed by atoms with E-state index in [4.69, 9.17) is 0 Å². The second-order valence-electron chi connectivity index (χ2n) is 4.95. The number of nitro benzene ring substituents is 1. The van der Waals surface area contributed by atoms with Gasteiger partial charge in [-0.15, -0.1) is 0 Å². The fourth-order valence-corrected chi connectivity index (χ4v) is 2.10. The summed E-state index contributed by atoms with van der Waals surface area (Å²) in [6, 6.07) is 3.17. The molecule has 7 nitrogen and oxygen atoms in total. The van der Waals surface area contributed by atoms with Crippen molar-refractivity contribution in [3.63, 3.8) is 0 Å². The summed E-state index contributed by atoms with van der Waals surface area (Å²) in [6.07, 6.45) is 2.91. The third-order valence-corrected chi connectivity index (χ3v) is 3.38. The number of nitrogens with one attached hydrogen (secondary N) is 1. The average molecular weight is 318 g/mol. The van der Waals surface area contributed by atoms with E-state index < -0.39 is 22.3 Å². The summed E-state index contributed by atoms with van der Waals surface area (Å²) in [4.78, 5) is 21.7. The summed E-state index contributed by atoms with van der Waals surface area (Å²) >= 11 is 0. The van der Waals surface area contributed by atoms with Gasteiger partial charge in [-0.25, -0.2) is 0 Å². The number of nitrogens with zero attached hydrogens (tertiary/aromatic N) is 3. The molecule has 1 N–H and O–H groups in total. The molecule has 0 unspecified atom stereocenters. The number of aryl methyl sites for hydroxylation is 2. The lowest BCUT2D eigenvalue weighted by Crippen LogP contribution is -2.08. The molecule has 0 saturated carbocycles. The Labute approximate surface area is 131 Å². The maximum atomic E-state index is 13.2. The van der Waals surface area contributed by atoms with Crippen molar-refractivity contribution in [3.05, 3.63) is 57.2 Å². The van der Waals surface area contributed by atoms with Crippen LogP contribution >= 0.6 is 0 Å². The first kappa shape index (κ1) is 16.3. The molecular weight excluding hydrogens is 303 g/mol. The number of benzene rings is 1. The van der Waals surface area contributed by atoms with Gasteiger partial charge in [0, 0.05) is 36.1 Å². The Hall–Kier alpha value is -3.03. The average Bonchev–Trinajstić information content (AvgIpc) is 2.72. The lowest BCUT2D eigenvalue weighted by atomic mass is 10.2. The summed E-state index contributed by atoms with van der Waals surface area (Å²) in [6.45, 7) is 3.70. The molecule has 0 spiro atoms. The Balaban J connectivity index is 2.15. The first-order valence-corrected chi connectivity index (χ1v) is 6.73. The van der Waals surface area contributed by atoms with Gasteiger partial charge in [-0.1, -0.05) is 0 Å². The van der Waals surface area contributed by atoms with Gasteiger partial charge in [0.25, 0.3) is 0 Å². The molecule has 0 aliphatic carbocycles. The van der Waals surface area contributed by atoms with Gasteiger partial charge in [-0.2, -0.15) is 9.49 Å². The van der Waals surface area contributed by atoms with E-state index in [1.54, 1.807) is 17.8 Å². The van der Waals surface area contributed by atoms with E-state index in [0.29, 0.717) is 0 Å². The Morgan fingerprint density at radius 1 is 1.43 bits per heavy atom. The predicted octanol–water partition coefficient (Wildman–Crippen LogP) is 2.74. The van der Waals surface area contributed by atoms with Crippen LogP contribution in [0.25, 0.3) is 6.08 Å². The fraction of sp³-hybridized carbons (Fsp3) is 0.200. The van der Waals surface area contributed by atoms with Gasteiger partial charge in [-0.3, -0.25) is 19.6 Å². The largest absolute Gasteiger partial charge is 0.322 e. The molecule has 1 amide bonds. The molecule has 0 aliphatic rings. The number of nitro groups is 1. The number of halogens is 1. The highest BCUT2D eigenvalue weighted by Gasteiger charge is 2.15. The van der Waals surface area contributed by atoms with E-state index >= 15 is 0 Å². The van der Waals surface area contributed by atoms with Crippen LogP contribution < -0.4 is 5.32 Å². The second-order valence-corrected chi connectivity index (χ2v) is 4.95. The minimum Gasteiger partial charge on any atom is -0.322 e. The van der Waals surface area contributed by atoms with Crippen molar-refractivity contribution in [2.24, 2.45) is 7.05 Å². The molecule has 0 aliphatic heterocycles. The molecule has 0 fully saturated rings. The quantitative estimate of drug-likeness (QED) is 0.533. The van der Waals surface area contributed by atoms with Crippen molar-refractivity contribution < 1.29 is 14.1 Å². The highest BCUT2D eigenvalue weighted by atomic mass is 19.1. The van der Waals surface area contributed by atoms with E-state index in [9.17, 15) is 19.3 Å². The van der Waals surface area contributed by atoms with E-state index in [-0.39, 0.29) is 5.69 Å². The minimum atomic E-state index is -0.954. The number of amides is 1. The van der Waals surface area contributed by atoms with E-state index in [2.05, 4.69) is 10.4 Å². The summed E-state index contributed by atoms with van der Waals surface area (Å²) in [5, 5.41) is 17.4. The zero-order valence-electron chi connectivity index (χ0n) is 12.8. The van der Waals surface area contributed by atoms with Crippen LogP contribution in [-0.2, 0) is 11.8 Å². The molecule has 2 aromatic rings. The molecule has 0 bridgehead atoms. The SMILES string of the molecule is Cc1nn(C)c(C)c1/C=C/C(=O)Nc1ccc(F)c([N+](=O)[O-])c1. The van der Waals surface area contributed by atoms with Crippen molar-refractivity contribution in [2.45, 2.75) is 13.8 Å². The molecule has 0 saturated heterocycles. The van der Waals surface area contributed by atoms with Crippen molar-refractivity contribution >= 4 is 23.4 Å². The summed E-state index contributed by atoms with van der Waals surface area (Å²) < 4.78 is 14.9. The van der Waals surface area contributed by atoms with Crippen LogP contribution in [0.4, 0.5) is 15.8 Å². The molecule has 120 valence electrons. The molecule has 1 aromatic carbocycles. The van der Waals surface area contributed by atoms with Crippen LogP contribution in [0.1, 0.15) is 17.0 Å². The fourth-order valence-electron chi connectivity index (χ4n) is 2.10. The Kier molecular flexibility index (Phi) is 4.54. The van der Waals surface area contributed by atoms with Crippen LogP contribution in [-0.4, -0.2) is 20.6 Å². The molecule has 23 heavy (non-hydrogen) atoms. The van der Waals surface area contributed by atoms with Gasteiger partial charge in [-0.05, 0) is 32.1 Å². The number of carbonyl (C=O) groups is 1. The number of aromatic nitrogens is 2. The van der Waals surface area contributed by atoms with Gasteiger partial charge < -0.3 is 5.32 Å². The number of anilines is 1. The van der Waals surface area contributed by atoms with Crippen molar-refractivity contribution in [3.8, 4) is 0 Å². The van der Waals surface area contributed by atoms with Gasteiger partial charge in [0.1, 0.15) is 0 Å². The predicted molar refractivity (Wildman–Crippen MR) is 83.4 cm³/mol. The molecule has 2 rings (SSSR count). The number of carbonyl (C=O) groups excluding carboxylic acids is 1. The van der Waals surface area contributed by atoms with Crippen LogP contribution in [0, 0.1) is 29.8 Å². The maximum Gasteiger partial charge on any atom is 0.306 e. The second kappa shape index (κ2) is 6.39. The normalized spacial score (nSPS) is 11.0. The summed E-state index contributed by atoms with van der Waals surface area (Å²) in [7, 11) is 1.80. The third-order valence-electron chi connectivity index (χ3n) is 3.38. The molecule has 1 heterocycles. The van der Waals surface area contributed by atoms with Crippen molar-refractivity contribution in [1.29, 1.82) is 0 Å². The van der Waals surface area contributed by atoms with Crippen LogP contribution in [0.2, 0.25) is 0 Å². The van der Waals surface area contributed by atoms with E-state index in [1.807, 2.05) is 13.8 Å². The lowest BCUT2D eigenvalue weighted by molar-refractivity contribution is -0.387. The van der Waals surface area contributed by atoms with Crippen LogP contribution in [0.5, 0.6) is 0 Å². The Bertz CT molecular complexity index is 811. The Morgan fingerprint density at radius 3 is 2.70 bits per heavy atom. The monoisotopic (exact) mass is 318 g/mol. The maximum absolute atomic E-state index is 13.2. The lowest BCUT2D eigenvalue weighted by Gasteiger charge is -2.02. The third kappa shape index (κ3) is 3.60. The van der Waals surface area contributed by atoms with E-state index in [0.717, 1.165) is 29.1 Å². The molecular formula is C15H15FN4O3. The topological polar surface area (TPSA) is 90.1 Å². The zero-order chi connectivity index (χ0) is 17.1. The highest BCUT2D eigenvalue weighted by molar-refractivity contribution is 6.02. The highest BCUT2D eigenvalue weighted by Crippen LogP contribution is 2.21. The standard InChI is InChI=1S/C15H15FN4O3/c1-9-12(10(2)19(3)18-9)5-7-15(21)17-11-4-6-13(16)14(8-11)20(22)23/h4-8H,1-3H3,(H,17,21)/b7-5+. The molecule has 0 radical (unpaired) electrons. The zero-order valence-corrected chi connectivity index (χ0v) is 12.8. The number of rotatable bonds is 4. The first-order valence-electron chi connectivity index (χ1n) is 6.73. The van der Waals surface area contributed by atoms with Gasteiger partial charge in [0.05, 0.1) is 10.6 Å². The van der Waals surface area contributed by atoms with Gasteiger partial charge in [0.15, 0.2) is 0 Å². The summed E-state index contributed by atoms with van der Waals surface area (Å²) in [5.41, 5.74) is 1.97. The molecule has 0 atom stereocenters. The Morgan fingerprint density at radius 2 is 2.13 bits per heavy atom. The van der Waals surface area contributed by atoms with E-state index in [1.165, 1.54) is 12.1 Å². The first-order chi connectivity index (χ1) is 10.8. The minimum absolute atomic E-state index is 0.146. The number of hydrogen-bond acceptors (Lipinski definition) is 4. The number of hydrogen-bond donors (Lipinski definition) is 1.